The van der Waals surface area contributed by atoms with Crippen molar-refractivity contribution in [2.45, 2.75) is 32.9 Å². The van der Waals surface area contributed by atoms with Crippen LogP contribution in [-0.2, 0) is 12.1 Å². The lowest BCUT2D eigenvalue weighted by Gasteiger charge is -2.17. The highest BCUT2D eigenvalue weighted by atomic mass is 16.1. The van der Waals surface area contributed by atoms with E-state index in [0.717, 1.165) is 0 Å². The molecule has 0 aliphatic carbocycles. The third-order valence-corrected chi connectivity index (χ3v) is 1.65. The minimum atomic E-state index is -0.711. The molecule has 0 unspecified atom stereocenters. The second-order valence-corrected chi connectivity index (χ2v) is 3.31. The van der Waals surface area contributed by atoms with E-state index in [4.69, 9.17) is 5.73 Å². The molecule has 0 aromatic carbocycles. The van der Waals surface area contributed by atoms with Crippen molar-refractivity contribution in [2.24, 2.45) is 5.73 Å². The zero-order chi connectivity index (χ0) is 9.35. The fraction of sp³-hybridized carbons (Fsp3) is 0.714. The van der Waals surface area contributed by atoms with E-state index >= 15 is 0 Å². The lowest BCUT2D eigenvalue weighted by atomic mass is 10.3. The minimum Gasteiger partial charge on any atom is -0.308 e. The molecule has 12 heavy (non-hydrogen) atoms. The lowest BCUT2D eigenvalue weighted by Crippen LogP contribution is -2.43. The van der Waals surface area contributed by atoms with E-state index in [1.807, 2.05) is 6.92 Å². The monoisotopic (exact) mass is 170 g/mol. The number of nitrogens with one attached hydrogen (secondary N) is 1. The van der Waals surface area contributed by atoms with Gasteiger partial charge in [0, 0.05) is 0 Å². The van der Waals surface area contributed by atoms with E-state index in [9.17, 15) is 4.79 Å². The van der Waals surface area contributed by atoms with Crippen LogP contribution in [0.4, 0.5) is 0 Å². The molecule has 0 atom stereocenters. The van der Waals surface area contributed by atoms with Gasteiger partial charge < -0.3 is 5.73 Å². The van der Waals surface area contributed by atoms with E-state index in [0.29, 0.717) is 12.1 Å². The van der Waals surface area contributed by atoms with Crippen molar-refractivity contribution in [3.63, 3.8) is 0 Å². The molecule has 0 bridgehead atoms. The molecule has 0 fully saturated rings. The Kier molecular flexibility index (Phi) is 2.06. The first-order valence-electron chi connectivity index (χ1n) is 3.92. The molecule has 5 heteroatoms. The van der Waals surface area contributed by atoms with Gasteiger partial charge in [-0.2, -0.15) is 5.10 Å². The van der Waals surface area contributed by atoms with Crippen LogP contribution in [0.25, 0.3) is 0 Å². The fourth-order valence-electron chi connectivity index (χ4n) is 0.954. The van der Waals surface area contributed by atoms with Gasteiger partial charge in [-0.15, -0.1) is 0 Å². The van der Waals surface area contributed by atoms with Crippen LogP contribution < -0.4 is 11.3 Å². The van der Waals surface area contributed by atoms with Crippen molar-refractivity contribution < 1.29 is 0 Å². The number of rotatable bonds is 2. The van der Waals surface area contributed by atoms with Gasteiger partial charge in [0.1, 0.15) is 11.4 Å². The van der Waals surface area contributed by atoms with Crippen LogP contribution >= 0.6 is 0 Å². The van der Waals surface area contributed by atoms with Crippen LogP contribution in [0.2, 0.25) is 0 Å². The van der Waals surface area contributed by atoms with E-state index in [-0.39, 0.29) is 5.56 Å². The molecular weight excluding hydrogens is 156 g/mol. The third kappa shape index (κ3) is 1.40. The SMILES string of the molecule is CCc1n[nH]n(C(C)(C)N)c1=O. The standard InChI is InChI=1S/C7H14N4O/c1-4-5-6(12)11(10-9-5)7(2,3)8/h10H,4,8H2,1-3H3. The van der Waals surface area contributed by atoms with E-state index in [1.54, 1.807) is 13.8 Å². The highest BCUT2D eigenvalue weighted by Gasteiger charge is 2.18. The van der Waals surface area contributed by atoms with Crippen molar-refractivity contribution in [2.75, 3.05) is 0 Å². The Morgan fingerprint density at radius 2 is 2.25 bits per heavy atom. The molecule has 5 nitrogen and oxygen atoms in total. The van der Waals surface area contributed by atoms with Gasteiger partial charge in [-0.1, -0.05) is 6.92 Å². The first kappa shape index (κ1) is 8.99. The zero-order valence-electron chi connectivity index (χ0n) is 7.59. The normalized spacial score (nSPS) is 12.0. The predicted molar refractivity (Wildman–Crippen MR) is 45.7 cm³/mol. The molecule has 68 valence electrons. The largest absolute Gasteiger partial charge is 0.308 e. The number of H-pyrrole nitrogens is 1. The molecule has 0 radical (unpaired) electrons. The number of aromatic amines is 1. The summed E-state index contributed by atoms with van der Waals surface area (Å²) in [6.07, 6.45) is 0.623. The number of hydrogen-bond donors (Lipinski definition) is 2. The number of hydrogen-bond acceptors (Lipinski definition) is 3. The van der Waals surface area contributed by atoms with Gasteiger partial charge in [0.2, 0.25) is 0 Å². The Hall–Kier alpha value is -1.10. The van der Waals surface area contributed by atoms with E-state index in [2.05, 4.69) is 10.3 Å². The summed E-state index contributed by atoms with van der Waals surface area (Å²) >= 11 is 0. The maximum atomic E-state index is 11.4. The maximum absolute atomic E-state index is 11.4. The van der Waals surface area contributed by atoms with Crippen LogP contribution in [0.3, 0.4) is 0 Å². The summed E-state index contributed by atoms with van der Waals surface area (Å²) in [5.74, 6) is 0. The maximum Gasteiger partial charge on any atom is 0.291 e. The van der Waals surface area contributed by atoms with E-state index < -0.39 is 5.66 Å². The average molecular weight is 170 g/mol. The molecule has 1 aromatic heterocycles. The molecule has 0 aliphatic rings. The fourth-order valence-corrected chi connectivity index (χ4v) is 0.954. The lowest BCUT2D eigenvalue weighted by molar-refractivity contribution is 0.316. The second kappa shape index (κ2) is 2.75. The van der Waals surface area contributed by atoms with Crippen molar-refractivity contribution in [1.29, 1.82) is 0 Å². The highest BCUT2D eigenvalue weighted by molar-refractivity contribution is 4.94. The number of nitrogens with zero attached hydrogens (tertiary/aromatic N) is 2. The summed E-state index contributed by atoms with van der Waals surface area (Å²) in [6, 6.07) is 0. The minimum absolute atomic E-state index is 0.134. The number of aromatic nitrogens is 3. The van der Waals surface area contributed by atoms with Gasteiger partial charge in [0.05, 0.1) is 0 Å². The van der Waals surface area contributed by atoms with Crippen molar-refractivity contribution >= 4 is 0 Å². The molecule has 3 N–H and O–H groups in total. The van der Waals surface area contributed by atoms with Gasteiger partial charge in [-0.05, 0) is 20.3 Å². The summed E-state index contributed by atoms with van der Waals surface area (Å²) in [4.78, 5) is 11.4. The number of aryl methyl sites for hydroxylation is 1. The van der Waals surface area contributed by atoms with Gasteiger partial charge in [0.25, 0.3) is 5.56 Å². The van der Waals surface area contributed by atoms with Gasteiger partial charge in [-0.3, -0.25) is 4.79 Å². The Morgan fingerprint density at radius 1 is 1.67 bits per heavy atom. The zero-order valence-corrected chi connectivity index (χ0v) is 7.59. The molecule has 1 rings (SSSR count). The smallest absolute Gasteiger partial charge is 0.291 e. The second-order valence-electron chi connectivity index (χ2n) is 3.31. The topological polar surface area (TPSA) is 76.7 Å². The summed E-state index contributed by atoms with van der Waals surface area (Å²) in [6.45, 7) is 5.36. The van der Waals surface area contributed by atoms with E-state index in [1.165, 1.54) is 4.68 Å². The van der Waals surface area contributed by atoms with Gasteiger partial charge in [-0.25, -0.2) is 9.90 Å². The summed E-state index contributed by atoms with van der Waals surface area (Å²) in [7, 11) is 0. The molecule has 0 saturated heterocycles. The molecule has 0 spiro atoms. The Morgan fingerprint density at radius 3 is 2.50 bits per heavy atom. The Balaban J connectivity index is 3.21. The molecule has 0 amide bonds. The molecule has 0 saturated carbocycles. The van der Waals surface area contributed by atoms with Crippen molar-refractivity contribution in [3.05, 3.63) is 16.0 Å². The van der Waals surface area contributed by atoms with Crippen LogP contribution in [0.1, 0.15) is 26.5 Å². The first-order valence-corrected chi connectivity index (χ1v) is 3.92. The first-order chi connectivity index (χ1) is 5.46. The van der Waals surface area contributed by atoms with Crippen LogP contribution in [0.15, 0.2) is 4.79 Å². The Labute approximate surface area is 70.6 Å². The predicted octanol–water partition coefficient (Wildman–Crippen LogP) is -0.215. The van der Waals surface area contributed by atoms with Crippen LogP contribution in [-0.4, -0.2) is 15.0 Å². The molecule has 1 aromatic rings. The summed E-state index contributed by atoms with van der Waals surface area (Å²) in [5.41, 5.74) is 5.39. The van der Waals surface area contributed by atoms with Crippen LogP contribution in [0.5, 0.6) is 0 Å². The van der Waals surface area contributed by atoms with Crippen molar-refractivity contribution in [1.82, 2.24) is 15.0 Å². The summed E-state index contributed by atoms with van der Waals surface area (Å²) < 4.78 is 1.33. The summed E-state index contributed by atoms with van der Waals surface area (Å²) in [5, 5.41) is 6.44. The van der Waals surface area contributed by atoms with Gasteiger partial charge >= 0.3 is 0 Å². The van der Waals surface area contributed by atoms with Crippen LogP contribution in [0, 0.1) is 0 Å². The Bertz CT molecular complexity index is 317. The molecular formula is C7H14N4O. The third-order valence-electron chi connectivity index (χ3n) is 1.65. The van der Waals surface area contributed by atoms with Crippen molar-refractivity contribution in [3.8, 4) is 0 Å². The molecule has 1 heterocycles. The highest BCUT2D eigenvalue weighted by Crippen LogP contribution is 2.00. The quantitative estimate of drug-likeness (QED) is 0.644. The number of nitrogens with two attached hydrogens (primary N) is 1. The molecule has 0 aliphatic heterocycles. The average Bonchev–Trinajstić information content (AvgIpc) is 2.29. The van der Waals surface area contributed by atoms with Gasteiger partial charge in [0.15, 0.2) is 0 Å².